The van der Waals surface area contributed by atoms with Gasteiger partial charge in [-0.1, -0.05) is 12.2 Å². The van der Waals surface area contributed by atoms with Crippen molar-refractivity contribution in [2.75, 3.05) is 13.2 Å². The molecule has 0 bridgehead atoms. The molecule has 0 unspecified atom stereocenters. The Morgan fingerprint density at radius 2 is 2.12 bits per heavy atom. The smallest absolute Gasteiger partial charge is 0.233 e. The van der Waals surface area contributed by atoms with Crippen LogP contribution in [0.5, 0.6) is 0 Å². The van der Waals surface area contributed by atoms with Crippen LogP contribution in [0.15, 0.2) is 0 Å². The number of rotatable bonds is 6. The lowest BCUT2D eigenvalue weighted by Gasteiger charge is -2.26. The van der Waals surface area contributed by atoms with Gasteiger partial charge >= 0.3 is 0 Å². The zero-order valence-electron chi connectivity index (χ0n) is 10.1. The van der Waals surface area contributed by atoms with Crippen LogP contribution >= 0.6 is 12.2 Å². The molecule has 1 amide bonds. The molecule has 0 aromatic rings. The summed E-state index contributed by atoms with van der Waals surface area (Å²) in [6.07, 6.45) is 1.53. The van der Waals surface area contributed by atoms with Crippen molar-refractivity contribution in [1.82, 2.24) is 5.32 Å². The van der Waals surface area contributed by atoms with Crippen LogP contribution in [-0.2, 0) is 9.53 Å². The van der Waals surface area contributed by atoms with Gasteiger partial charge in [0.25, 0.3) is 0 Å². The average molecular weight is 244 g/mol. The summed E-state index contributed by atoms with van der Waals surface area (Å²) in [5, 5.41) is 2.86. The fraction of sp³-hybridized carbons (Fsp3) is 0.818. The van der Waals surface area contributed by atoms with E-state index in [-0.39, 0.29) is 11.5 Å². The fourth-order valence-corrected chi connectivity index (χ4v) is 1.91. The summed E-state index contributed by atoms with van der Waals surface area (Å²) in [6, 6.07) is 0. The monoisotopic (exact) mass is 244 g/mol. The lowest BCUT2D eigenvalue weighted by atomic mass is 10.1. The summed E-state index contributed by atoms with van der Waals surface area (Å²) in [5.41, 5.74) is 4.65. The number of carbonyl (C=O) groups excluding carboxylic acids is 1. The summed E-state index contributed by atoms with van der Waals surface area (Å²) in [4.78, 5) is 12.2. The Labute approximate surface area is 102 Å². The topological polar surface area (TPSA) is 64.3 Å². The second kappa shape index (κ2) is 4.67. The van der Waals surface area contributed by atoms with Crippen LogP contribution in [0.2, 0.25) is 0 Å². The Morgan fingerprint density at radius 1 is 1.56 bits per heavy atom. The number of hydrogen-bond donors (Lipinski definition) is 2. The number of hydrogen-bond acceptors (Lipinski definition) is 3. The summed E-state index contributed by atoms with van der Waals surface area (Å²) in [7, 11) is 0. The number of ether oxygens (including phenoxy) is 1. The molecule has 1 rings (SSSR count). The predicted octanol–water partition coefficient (Wildman–Crippen LogP) is 0.984. The van der Waals surface area contributed by atoms with Crippen molar-refractivity contribution in [2.24, 2.45) is 11.1 Å². The van der Waals surface area contributed by atoms with E-state index in [0.29, 0.717) is 18.1 Å². The first-order valence-corrected chi connectivity index (χ1v) is 5.97. The second-order valence-corrected chi connectivity index (χ2v) is 5.26. The molecule has 1 fully saturated rings. The van der Waals surface area contributed by atoms with Gasteiger partial charge < -0.3 is 15.8 Å². The van der Waals surface area contributed by atoms with Crippen molar-refractivity contribution >= 4 is 23.1 Å². The first kappa shape index (κ1) is 13.4. The van der Waals surface area contributed by atoms with E-state index >= 15 is 0 Å². The van der Waals surface area contributed by atoms with Gasteiger partial charge in [-0.15, -0.1) is 0 Å². The number of amides is 1. The van der Waals surface area contributed by atoms with Gasteiger partial charge in [0.15, 0.2) is 0 Å². The third-order valence-corrected chi connectivity index (χ3v) is 3.26. The largest absolute Gasteiger partial charge is 0.392 e. The molecule has 0 atom stereocenters. The third-order valence-electron chi connectivity index (χ3n) is 2.87. The van der Waals surface area contributed by atoms with Crippen molar-refractivity contribution < 1.29 is 9.53 Å². The molecule has 0 aromatic heterocycles. The molecule has 0 heterocycles. The summed E-state index contributed by atoms with van der Waals surface area (Å²) in [5.74, 6) is -0.0622. The highest BCUT2D eigenvalue weighted by Gasteiger charge is 2.52. The molecule has 1 aliphatic carbocycles. The second-order valence-electron chi connectivity index (χ2n) is 4.82. The molecule has 1 aliphatic rings. The molecule has 0 saturated heterocycles. The predicted molar refractivity (Wildman–Crippen MR) is 67.2 cm³/mol. The molecule has 0 aliphatic heterocycles. The van der Waals surface area contributed by atoms with E-state index in [9.17, 15) is 4.79 Å². The van der Waals surface area contributed by atoms with Crippen LogP contribution in [0.1, 0.15) is 33.6 Å². The Morgan fingerprint density at radius 3 is 2.50 bits per heavy atom. The summed E-state index contributed by atoms with van der Waals surface area (Å²) < 4.78 is 5.49. The van der Waals surface area contributed by atoms with Crippen LogP contribution in [-0.4, -0.2) is 29.6 Å². The molecule has 0 aromatic carbocycles. The van der Waals surface area contributed by atoms with Gasteiger partial charge in [-0.05, 0) is 33.6 Å². The van der Waals surface area contributed by atoms with Gasteiger partial charge in [0.1, 0.15) is 0 Å². The van der Waals surface area contributed by atoms with Crippen molar-refractivity contribution in [3.8, 4) is 0 Å². The van der Waals surface area contributed by atoms with Crippen LogP contribution < -0.4 is 11.1 Å². The van der Waals surface area contributed by atoms with E-state index in [1.807, 2.05) is 20.8 Å². The van der Waals surface area contributed by atoms with Gasteiger partial charge in [0.05, 0.1) is 16.0 Å². The van der Waals surface area contributed by atoms with Crippen LogP contribution in [0.3, 0.4) is 0 Å². The van der Waals surface area contributed by atoms with E-state index in [4.69, 9.17) is 22.7 Å². The molecule has 5 heteroatoms. The lowest BCUT2D eigenvalue weighted by Crippen LogP contribution is -2.46. The van der Waals surface area contributed by atoms with Gasteiger partial charge in [-0.25, -0.2) is 0 Å². The molecule has 3 N–H and O–H groups in total. The van der Waals surface area contributed by atoms with Crippen molar-refractivity contribution in [3.05, 3.63) is 0 Å². The third kappa shape index (κ3) is 2.92. The maximum absolute atomic E-state index is 11.9. The van der Waals surface area contributed by atoms with Gasteiger partial charge in [-0.3, -0.25) is 4.79 Å². The maximum atomic E-state index is 11.9. The van der Waals surface area contributed by atoms with E-state index < -0.39 is 5.41 Å². The van der Waals surface area contributed by atoms with Crippen molar-refractivity contribution in [1.29, 1.82) is 0 Å². The highest BCUT2D eigenvalue weighted by atomic mass is 32.1. The van der Waals surface area contributed by atoms with Crippen LogP contribution in [0.4, 0.5) is 0 Å². The molecular weight excluding hydrogens is 224 g/mol. The number of nitrogens with two attached hydrogens (primary N) is 1. The molecule has 4 nitrogen and oxygen atoms in total. The number of carbonyl (C=O) groups is 1. The van der Waals surface area contributed by atoms with E-state index in [1.165, 1.54) is 0 Å². The SMILES string of the molecule is CCOC(C)(C)CNC(=O)C1(C(N)=S)CC1. The fourth-order valence-electron chi connectivity index (χ4n) is 1.61. The van der Waals surface area contributed by atoms with Crippen molar-refractivity contribution in [3.63, 3.8) is 0 Å². The zero-order chi connectivity index (χ0) is 12.4. The Balaban J connectivity index is 2.45. The minimum atomic E-state index is -0.572. The molecule has 1 saturated carbocycles. The molecule has 0 spiro atoms. The Bertz CT molecular complexity index is 298. The van der Waals surface area contributed by atoms with E-state index in [0.717, 1.165) is 12.8 Å². The summed E-state index contributed by atoms with van der Waals surface area (Å²) >= 11 is 4.91. The molecule has 92 valence electrons. The van der Waals surface area contributed by atoms with Crippen LogP contribution in [0.25, 0.3) is 0 Å². The zero-order valence-corrected chi connectivity index (χ0v) is 10.9. The van der Waals surface area contributed by atoms with Crippen LogP contribution in [0, 0.1) is 5.41 Å². The Kier molecular flexibility index (Phi) is 3.91. The van der Waals surface area contributed by atoms with E-state index in [1.54, 1.807) is 0 Å². The normalized spacial score (nSPS) is 17.9. The first-order valence-electron chi connectivity index (χ1n) is 5.56. The average Bonchev–Trinajstić information content (AvgIpc) is 2.94. The quantitative estimate of drug-likeness (QED) is 0.684. The Hall–Kier alpha value is -0.680. The minimum Gasteiger partial charge on any atom is -0.392 e. The minimum absolute atomic E-state index is 0.0622. The molecule has 0 radical (unpaired) electrons. The molecular formula is C11H20N2O2S. The molecule has 16 heavy (non-hydrogen) atoms. The maximum Gasteiger partial charge on any atom is 0.233 e. The first-order chi connectivity index (χ1) is 7.34. The standard InChI is InChI=1S/C11H20N2O2S/c1-4-15-10(2,3)7-13-9(14)11(5-6-11)8(12)16/h4-7H2,1-3H3,(H2,12,16)(H,13,14). The lowest BCUT2D eigenvalue weighted by molar-refractivity contribution is -0.125. The highest BCUT2D eigenvalue weighted by molar-refractivity contribution is 7.80. The van der Waals surface area contributed by atoms with Gasteiger partial charge in [-0.2, -0.15) is 0 Å². The highest BCUT2D eigenvalue weighted by Crippen LogP contribution is 2.46. The number of nitrogens with one attached hydrogen (secondary N) is 1. The number of thiocarbonyl (C=S) groups is 1. The summed E-state index contributed by atoms with van der Waals surface area (Å²) in [6.45, 7) is 6.92. The van der Waals surface area contributed by atoms with Gasteiger partial charge in [0.2, 0.25) is 5.91 Å². The van der Waals surface area contributed by atoms with Gasteiger partial charge in [0, 0.05) is 13.2 Å². The van der Waals surface area contributed by atoms with E-state index in [2.05, 4.69) is 5.32 Å². The van der Waals surface area contributed by atoms with Crippen molar-refractivity contribution in [2.45, 2.75) is 39.2 Å².